The molecule has 0 aromatic carbocycles. The number of fused-ring (bicyclic) bond motifs is 1. The summed E-state index contributed by atoms with van der Waals surface area (Å²) in [7, 11) is 0. The zero-order chi connectivity index (χ0) is 19.2. The molecule has 4 rings (SSSR count). The molecular formula is C23H35NO3. The van der Waals surface area contributed by atoms with E-state index in [1.807, 2.05) is 6.07 Å². The number of hydrogen-bond acceptors (Lipinski definition) is 4. The van der Waals surface area contributed by atoms with Crippen LogP contribution in [0, 0.1) is 34.5 Å². The van der Waals surface area contributed by atoms with Gasteiger partial charge in [0.05, 0.1) is 12.4 Å². The van der Waals surface area contributed by atoms with Crippen LogP contribution >= 0.6 is 0 Å². The van der Waals surface area contributed by atoms with E-state index in [0.717, 1.165) is 44.3 Å². The van der Waals surface area contributed by atoms with E-state index < -0.39 is 0 Å². The summed E-state index contributed by atoms with van der Waals surface area (Å²) in [5.74, 6) is 2.67. The monoisotopic (exact) mass is 373 g/mol. The molecule has 1 aromatic rings. The number of aliphatic hydroxyl groups is 2. The Morgan fingerprint density at radius 3 is 2.70 bits per heavy atom. The lowest BCUT2D eigenvalue weighted by molar-refractivity contribution is -0.0905. The standard InChI is InChI=1S/C23H35NO3/c1-22(9-7-16(26)12-15(22)14-25)19-8-10-23(2)18(17(19)13-24)5-6-20(23)21-4-3-11-27-21/h3-4,6,11,15-19,25-26H,5,7-10,12-14,24H2,1-2H3/t15-,16+,17+,18+,19+,22+,23+/m1/s1. The lowest BCUT2D eigenvalue weighted by atomic mass is 9.49. The van der Waals surface area contributed by atoms with Gasteiger partial charge in [-0.05, 0) is 97.3 Å². The SMILES string of the molecule is C[C@]1([C@H]2CC[C@]3(C)C(c4ccco4)=CC[C@H]3[C@@H]2CN)CC[C@H](O)C[C@@H]1CO. The molecule has 1 aromatic heterocycles. The van der Waals surface area contributed by atoms with E-state index in [1.54, 1.807) is 6.26 Å². The van der Waals surface area contributed by atoms with Crippen molar-refractivity contribution in [3.63, 3.8) is 0 Å². The summed E-state index contributed by atoms with van der Waals surface area (Å²) in [6.45, 7) is 5.61. The van der Waals surface area contributed by atoms with Crippen LogP contribution in [0.4, 0.5) is 0 Å². The van der Waals surface area contributed by atoms with Gasteiger partial charge in [0, 0.05) is 6.61 Å². The number of allylic oxidation sites excluding steroid dienone is 2. The molecule has 0 bridgehead atoms. The Morgan fingerprint density at radius 2 is 2.04 bits per heavy atom. The highest BCUT2D eigenvalue weighted by molar-refractivity contribution is 5.69. The van der Waals surface area contributed by atoms with Crippen molar-refractivity contribution in [3.05, 3.63) is 30.2 Å². The quantitative estimate of drug-likeness (QED) is 0.749. The van der Waals surface area contributed by atoms with Crippen molar-refractivity contribution in [3.8, 4) is 0 Å². The zero-order valence-corrected chi connectivity index (χ0v) is 16.7. The topological polar surface area (TPSA) is 79.6 Å². The van der Waals surface area contributed by atoms with Crippen LogP contribution in [0.2, 0.25) is 0 Å². The summed E-state index contributed by atoms with van der Waals surface area (Å²) >= 11 is 0. The minimum absolute atomic E-state index is 0.0623. The molecule has 0 aliphatic heterocycles. The molecular weight excluding hydrogens is 338 g/mol. The summed E-state index contributed by atoms with van der Waals surface area (Å²) in [5.41, 5.74) is 7.94. The van der Waals surface area contributed by atoms with E-state index in [2.05, 4.69) is 26.0 Å². The van der Waals surface area contributed by atoms with Crippen LogP contribution in [0.1, 0.15) is 58.1 Å². The van der Waals surface area contributed by atoms with Crippen molar-refractivity contribution in [1.82, 2.24) is 0 Å². The average molecular weight is 374 g/mol. The van der Waals surface area contributed by atoms with Crippen molar-refractivity contribution in [2.45, 2.75) is 58.5 Å². The molecule has 27 heavy (non-hydrogen) atoms. The first-order chi connectivity index (χ1) is 12.9. The van der Waals surface area contributed by atoms with E-state index in [4.69, 9.17) is 10.2 Å². The predicted molar refractivity (Wildman–Crippen MR) is 107 cm³/mol. The first-order valence-corrected chi connectivity index (χ1v) is 10.7. The minimum Gasteiger partial charge on any atom is -0.465 e. The average Bonchev–Trinajstić information content (AvgIpc) is 3.29. The first kappa shape index (κ1) is 19.2. The van der Waals surface area contributed by atoms with Crippen LogP contribution in [0.15, 0.2) is 28.9 Å². The van der Waals surface area contributed by atoms with E-state index in [0.29, 0.717) is 24.3 Å². The number of nitrogens with two attached hydrogens (primary N) is 1. The minimum atomic E-state index is -0.265. The van der Waals surface area contributed by atoms with Crippen LogP contribution in [0.5, 0.6) is 0 Å². The van der Waals surface area contributed by atoms with Crippen LogP contribution in [0.3, 0.4) is 0 Å². The predicted octanol–water partition coefficient (Wildman–Crippen LogP) is 3.83. The summed E-state index contributed by atoms with van der Waals surface area (Å²) in [6.07, 6.45) is 9.77. The molecule has 0 radical (unpaired) electrons. The Labute approximate surface area is 162 Å². The fraction of sp³-hybridized carbons (Fsp3) is 0.739. The maximum absolute atomic E-state index is 10.1. The summed E-state index contributed by atoms with van der Waals surface area (Å²) in [5, 5.41) is 20.2. The Bertz CT molecular complexity index is 684. The second-order valence-electron chi connectivity index (χ2n) is 9.71. The fourth-order valence-electron chi connectivity index (χ4n) is 6.98. The van der Waals surface area contributed by atoms with Gasteiger partial charge in [0.2, 0.25) is 0 Å². The van der Waals surface area contributed by atoms with E-state index in [-0.39, 0.29) is 29.5 Å². The van der Waals surface area contributed by atoms with E-state index in [1.165, 1.54) is 5.57 Å². The molecule has 4 heteroatoms. The van der Waals surface area contributed by atoms with E-state index >= 15 is 0 Å². The Hall–Kier alpha value is -1.10. The highest BCUT2D eigenvalue weighted by Crippen LogP contribution is 2.63. The molecule has 2 saturated carbocycles. The van der Waals surface area contributed by atoms with Crippen LogP contribution < -0.4 is 5.73 Å². The molecule has 1 heterocycles. The van der Waals surface area contributed by atoms with Gasteiger partial charge in [0.15, 0.2) is 0 Å². The summed E-state index contributed by atoms with van der Waals surface area (Å²) in [6, 6.07) is 4.05. The number of hydrogen-bond donors (Lipinski definition) is 3. The van der Waals surface area contributed by atoms with Gasteiger partial charge in [-0.25, -0.2) is 0 Å². The number of aliphatic hydroxyl groups excluding tert-OH is 2. The van der Waals surface area contributed by atoms with Crippen LogP contribution in [-0.2, 0) is 0 Å². The molecule has 3 aliphatic carbocycles. The van der Waals surface area contributed by atoms with Gasteiger partial charge >= 0.3 is 0 Å². The molecule has 2 fully saturated rings. The highest BCUT2D eigenvalue weighted by atomic mass is 16.3. The Morgan fingerprint density at radius 1 is 1.22 bits per heavy atom. The summed E-state index contributed by atoms with van der Waals surface area (Å²) in [4.78, 5) is 0. The van der Waals surface area contributed by atoms with E-state index in [9.17, 15) is 10.2 Å². The molecule has 7 atom stereocenters. The molecule has 4 nitrogen and oxygen atoms in total. The smallest absolute Gasteiger partial charge is 0.130 e. The Kier molecular flexibility index (Phi) is 5.02. The summed E-state index contributed by atoms with van der Waals surface area (Å²) < 4.78 is 5.75. The second kappa shape index (κ2) is 7.06. The number of rotatable bonds is 4. The van der Waals surface area contributed by atoms with Gasteiger partial charge in [-0.2, -0.15) is 0 Å². The molecule has 150 valence electrons. The molecule has 0 saturated heterocycles. The molecule has 0 spiro atoms. The lowest BCUT2D eigenvalue weighted by Gasteiger charge is -2.56. The molecule has 0 amide bonds. The molecule has 3 aliphatic rings. The number of furan rings is 1. The van der Waals surface area contributed by atoms with Gasteiger partial charge in [0.25, 0.3) is 0 Å². The Balaban J connectivity index is 1.62. The van der Waals surface area contributed by atoms with Gasteiger partial charge in [-0.1, -0.05) is 19.9 Å². The van der Waals surface area contributed by atoms with Gasteiger partial charge in [-0.15, -0.1) is 0 Å². The van der Waals surface area contributed by atoms with Gasteiger partial charge in [0.1, 0.15) is 5.76 Å². The van der Waals surface area contributed by atoms with Crippen LogP contribution in [-0.4, -0.2) is 29.5 Å². The van der Waals surface area contributed by atoms with Crippen molar-refractivity contribution in [1.29, 1.82) is 0 Å². The lowest BCUT2D eigenvalue weighted by Crippen LogP contribution is -2.53. The second-order valence-corrected chi connectivity index (χ2v) is 9.71. The van der Waals surface area contributed by atoms with Crippen molar-refractivity contribution >= 4 is 5.57 Å². The first-order valence-electron chi connectivity index (χ1n) is 10.7. The zero-order valence-electron chi connectivity index (χ0n) is 16.7. The third-order valence-corrected chi connectivity index (χ3v) is 8.65. The maximum Gasteiger partial charge on any atom is 0.130 e. The molecule has 4 N–H and O–H groups in total. The largest absolute Gasteiger partial charge is 0.465 e. The fourth-order valence-corrected chi connectivity index (χ4v) is 6.98. The third-order valence-electron chi connectivity index (χ3n) is 8.65. The normalized spacial score (nSPS) is 44.8. The third kappa shape index (κ3) is 2.92. The highest BCUT2D eigenvalue weighted by Gasteiger charge is 2.56. The van der Waals surface area contributed by atoms with Crippen molar-refractivity contribution in [2.24, 2.45) is 40.2 Å². The van der Waals surface area contributed by atoms with Crippen LogP contribution in [0.25, 0.3) is 5.57 Å². The van der Waals surface area contributed by atoms with Gasteiger partial charge < -0.3 is 20.4 Å². The van der Waals surface area contributed by atoms with Gasteiger partial charge in [-0.3, -0.25) is 0 Å². The van der Waals surface area contributed by atoms with Crippen molar-refractivity contribution in [2.75, 3.05) is 13.2 Å². The molecule has 0 unspecified atom stereocenters. The maximum atomic E-state index is 10.1. The van der Waals surface area contributed by atoms with Crippen molar-refractivity contribution < 1.29 is 14.6 Å².